The van der Waals surface area contributed by atoms with Crippen molar-refractivity contribution >= 4 is 38.2 Å². The average Bonchev–Trinajstić information content (AvgIpc) is 3.40. The van der Waals surface area contributed by atoms with Crippen LogP contribution in [0.2, 0.25) is 0 Å². The quantitative estimate of drug-likeness (QED) is 0.278. The number of hydrogen-bond donors (Lipinski definition) is 3. The number of aliphatic hydroxyl groups excluding tert-OH is 1. The van der Waals surface area contributed by atoms with Crippen LogP contribution in [0.1, 0.15) is 11.1 Å². The van der Waals surface area contributed by atoms with E-state index in [1.54, 1.807) is 29.0 Å². The van der Waals surface area contributed by atoms with Crippen molar-refractivity contribution in [1.82, 2.24) is 29.6 Å². The summed E-state index contributed by atoms with van der Waals surface area (Å²) >= 11 is 0. The summed E-state index contributed by atoms with van der Waals surface area (Å²) in [5.74, 6) is 1.04. The minimum atomic E-state index is -2.42. The predicted molar refractivity (Wildman–Crippen MR) is 149 cm³/mol. The second-order valence-corrected chi connectivity index (χ2v) is 12.0. The van der Waals surface area contributed by atoms with E-state index in [9.17, 15) is 9.00 Å². The van der Waals surface area contributed by atoms with Gasteiger partial charge in [-0.1, -0.05) is 18.2 Å². The van der Waals surface area contributed by atoms with E-state index in [1.807, 2.05) is 6.07 Å². The van der Waals surface area contributed by atoms with E-state index in [2.05, 4.69) is 48.7 Å². The molecule has 11 nitrogen and oxygen atoms in total. The van der Waals surface area contributed by atoms with Crippen molar-refractivity contribution in [3.05, 3.63) is 76.7 Å². The Morgan fingerprint density at radius 3 is 2.79 bits per heavy atom. The van der Waals surface area contributed by atoms with Crippen LogP contribution in [0.4, 0.5) is 17.5 Å². The molecule has 3 N–H and O–H groups in total. The smallest absolute Gasteiger partial charge is 0.278 e. The molecule has 1 aliphatic carbocycles. The lowest BCUT2D eigenvalue weighted by molar-refractivity contribution is 0.284. The molecule has 1 aromatic carbocycles. The summed E-state index contributed by atoms with van der Waals surface area (Å²) in [7, 11) is -2.42. The van der Waals surface area contributed by atoms with Gasteiger partial charge in [0, 0.05) is 46.7 Å². The summed E-state index contributed by atoms with van der Waals surface area (Å²) in [4.78, 5) is 26.8. The van der Waals surface area contributed by atoms with Crippen molar-refractivity contribution < 1.29 is 9.32 Å². The Hall–Kier alpha value is -3.87. The number of aromatic nitrogens is 5. The number of fused-ring (bicyclic) bond motifs is 2. The third-order valence-corrected chi connectivity index (χ3v) is 6.79. The third kappa shape index (κ3) is 5.37. The molecule has 1 unspecified atom stereocenters. The number of pyridine rings is 1. The Balaban J connectivity index is 1.53. The molecule has 0 bridgehead atoms. The van der Waals surface area contributed by atoms with E-state index in [1.165, 1.54) is 34.5 Å². The molecule has 5 rings (SSSR count). The minimum Gasteiger partial charge on any atom is -0.395 e. The van der Waals surface area contributed by atoms with Crippen LogP contribution < -0.4 is 16.2 Å². The molecular formula is C26H30N8O3S. The Labute approximate surface area is 220 Å². The fourth-order valence-electron chi connectivity index (χ4n) is 4.65. The molecule has 198 valence electrons. The standard InChI is InChI=1S/C26H30N8O3S/c1-4-11-33-25(36)21-16-28-26(29-19-9-8-17-13-20(27-10-12-35)15-18(17)14-19)31-24(21)34(33)23-7-5-6-22(30-23)32-38(2,3)37/h4-9,14,16,20,27,35H,1,10-13,15H2,2-3H3,(H,28,29,31). The zero-order valence-electron chi connectivity index (χ0n) is 21.3. The number of nitrogens with zero attached hydrogens (tertiary/aromatic N) is 6. The molecule has 1 aliphatic rings. The van der Waals surface area contributed by atoms with Crippen LogP contribution in [-0.4, -0.2) is 65.3 Å². The van der Waals surface area contributed by atoms with Gasteiger partial charge in [-0.2, -0.15) is 9.35 Å². The fraction of sp³-hybridized carbons (Fsp3) is 0.308. The van der Waals surface area contributed by atoms with E-state index in [-0.39, 0.29) is 18.7 Å². The van der Waals surface area contributed by atoms with Crippen molar-refractivity contribution in [3.8, 4) is 5.82 Å². The van der Waals surface area contributed by atoms with Crippen molar-refractivity contribution in [2.75, 3.05) is 31.0 Å². The van der Waals surface area contributed by atoms with Crippen molar-refractivity contribution in [1.29, 1.82) is 0 Å². The van der Waals surface area contributed by atoms with E-state index in [0.717, 1.165) is 18.5 Å². The highest BCUT2D eigenvalue weighted by Gasteiger charge is 2.22. The maximum absolute atomic E-state index is 13.2. The largest absolute Gasteiger partial charge is 0.395 e. The van der Waals surface area contributed by atoms with Gasteiger partial charge in [0.1, 0.15) is 5.39 Å². The van der Waals surface area contributed by atoms with Gasteiger partial charge in [0.2, 0.25) is 5.95 Å². The maximum atomic E-state index is 13.2. The monoisotopic (exact) mass is 534 g/mol. The Morgan fingerprint density at radius 1 is 1.21 bits per heavy atom. The van der Waals surface area contributed by atoms with Gasteiger partial charge < -0.3 is 15.7 Å². The van der Waals surface area contributed by atoms with Gasteiger partial charge in [0.25, 0.3) is 5.56 Å². The summed E-state index contributed by atoms with van der Waals surface area (Å²) in [6, 6.07) is 11.6. The van der Waals surface area contributed by atoms with Crippen molar-refractivity contribution in [2.24, 2.45) is 4.36 Å². The van der Waals surface area contributed by atoms with E-state index < -0.39 is 9.73 Å². The summed E-state index contributed by atoms with van der Waals surface area (Å²) in [6.07, 6.45) is 8.00. The van der Waals surface area contributed by atoms with Gasteiger partial charge in [-0.25, -0.2) is 23.5 Å². The lowest BCUT2D eigenvalue weighted by Crippen LogP contribution is -2.31. The highest BCUT2D eigenvalue weighted by molar-refractivity contribution is 7.92. The average molecular weight is 535 g/mol. The van der Waals surface area contributed by atoms with Crippen LogP contribution in [-0.2, 0) is 29.1 Å². The summed E-state index contributed by atoms with van der Waals surface area (Å²) in [6.45, 7) is 4.70. The predicted octanol–water partition coefficient (Wildman–Crippen LogP) is 2.31. The van der Waals surface area contributed by atoms with Crippen LogP contribution in [0.5, 0.6) is 0 Å². The second kappa shape index (κ2) is 10.5. The first-order valence-corrected chi connectivity index (χ1v) is 14.6. The minimum absolute atomic E-state index is 0.116. The second-order valence-electron chi connectivity index (χ2n) is 9.44. The molecule has 0 spiro atoms. The van der Waals surface area contributed by atoms with Crippen LogP contribution in [0.15, 0.2) is 64.4 Å². The molecule has 12 heteroatoms. The summed E-state index contributed by atoms with van der Waals surface area (Å²) in [5, 5.41) is 16.0. The maximum Gasteiger partial charge on any atom is 0.278 e. The number of rotatable bonds is 9. The molecule has 0 saturated heterocycles. The van der Waals surface area contributed by atoms with Crippen LogP contribution >= 0.6 is 0 Å². The van der Waals surface area contributed by atoms with E-state index >= 15 is 0 Å². The van der Waals surface area contributed by atoms with Crippen LogP contribution in [0.25, 0.3) is 16.9 Å². The SMILES string of the molecule is C=CCn1c(=O)c2cnc(Nc3ccc4c(c3)CC(NCCO)C4)nc2n1-c1cccc(N=S(C)(C)=O)n1. The Kier molecular flexibility index (Phi) is 7.11. The van der Waals surface area contributed by atoms with Gasteiger partial charge in [-0.3, -0.25) is 4.79 Å². The van der Waals surface area contributed by atoms with Gasteiger partial charge >= 0.3 is 0 Å². The summed E-state index contributed by atoms with van der Waals surface area (Å²) < 4.78 is 19.5. The molecule has 0 amide bonds. The fourth-order valence-corrected chi connectivity index (χ4v) is 5.20. The van der Waals surface area contributed by atoms with Gasteiger partial charge in [0.15, 0.2) is 17.3 Å². The number of hydrogen-bond acceptors (Lipinski definition) is 9. The molecule has 0 aliphatic heterocycles. The summed E-state index contributed by atoms with van der Waals surface area (Å²) in [5.41, 5.74) is 3.45. The number of aliphatic hydroxyl groups is 1. The Morgan fingerprint density at radius 2 is 2.03 bits per heavy atom. The first-order valence-electron chi connectivity index (χ1n) is 12.2. The highest BCUT2D eigenvalue weighted by atomic mass is 32.2. The first-order chi connectivity index (χ1) is 18.3. The first kappa shape index (κ1) is 25.8. The van der Waals surface area contributed by atoms with E-state index in [4.69, 9.17) is 5.11 Å². The molecule has 0 fully saturated rings. The normalized spacial score (nSPS) is 15.0. The van der Waals surface area contributed by atoms with Crippen LogP contribution in [0, 0.1) is 0 Å². The Bertz CT molecular complexity index is 1690. The zero-order valence-corrected chi connectivity index (χ0v) is 22.1. The van der Waals surface area contributed by atoms with Crippen molar-refractivity contribution in [2.45, 2.75) is 25.4 Å². The van der Waals surface area contributed by atoms with Gasteiger partial charge in [0.05, 0.1) is 13.2 Å². The lowest BCUT2D eigenvalue weighted by atomic mass is 10.1. The molecule has 1 atom stereocenters. The molecule has 3 heterocycles. The third-order valence-electron chi connectivity index (χ3n) is 6.17. The number of benzene rings is 1. The van der Waals surface area contributed by atoms with Crippen molar-refractivity contribution in [3.63, 3.8) is 0 Å². The number of nitrogens with one attached hydrogen (secondary N) is 2. The molecule has 38 heavy (non-hydrogen) atoms. The number of anilines is 2. The van der Waals surface area contributed by atoms with E-state index in [0.29, 0.717) is 41.2 Å². The molecule has 4 aromatic rings. The van der Waals surface area contributed by atoms with Crippen LogP contribution in [0.3, 0.4) is 0 Å². The van der Waals surface area contributed by atoms with Gasteiger partial charge in [-0.15, -0.1) is 6.58 Å². The molecule has 0 saturated carbocycles. The number of allylic oxidation sites excluding steroid dienone is 1. The highest BCUT2D eigenvalue weighted by Crippen LogP contribution is 2.27. The van der Waals surface area contributed by atoms with Gasteiger partial charge in [-0.05, 0) is 48.2 Å². The lowest BCUT2D eigenvalue weighted by Gasteiger charge is -2.11. The molecular weight excluding hydrogens is 504 g/mol. The molecule has 3 aromatic heterocycles. The topological polar surface area (TPSA) is 139 Å². The zero-order chi connectivity index (χ0) is 26.9. The molecule has 0 radical (unpaired) electrons.